The number of nitrogens with zero attached hydrogens (tertiary/aromatic N) is 1. The highest BCUT2D eigenvalue weighted by Crippen LogP contribution is 2.21. The number of carbonyl (C=O) groups is 3. The molecule has 1 aliphatic heterocycles. The van der Waals surface area contributed by atoms with Crippen LogP contribution < -0.4 is 10.6 Å². The zero-order valence-electron chi connectivity index (χ0n) is 18.0. The number of amides is 3. The summed E-state index contributed by atoms with van der Waals surface area (Å²) in [6.45, 7) is 4.47. The summed E-state index contributed by atoms with van der Waals surface area (Å²) in [6, 6.07) is 15.3. The summed E-state index contributed by atoms with van der Waals surface area (Å²) in [7, 11) is 0. The Morgan fingerprint density at radius 1 is 1.06 bits per heavy atom. The van der Waals surface area contributed by atoms with E-state index in [0.29, 0.717) is 24.2 Å². The van der Waals surface area contributed by atoms with Gasteiger partial charge in [0.1, 0.15) is 6.04 Å². The molecule has 0 saturated heterocycles. The van der Waals surface area contributed by atoms with Gasteiger partial charge >= 0.3 is 0 Å². The Morgan fingerprint density at radius 3 is 2.55 bits per heavy atom. The van der Waals surface area contributed by atoms with Gasteiger partial charge in [-0.2, -0.15) is 0 Å². The third kappa shape index (κ3) is 5.81. The fraction of sp³-hybridized carbons (Fsp3) is 0.320. The molecule has 2 N–H and O–H groups in total. The van der Waals surface area contributed by atoms with Crippen molar-refractivity contribution in [2.75, 3.05) is 11.9 Å². The minimum atomic E-state index is -0.791. The molecule has 0 radical (unpaired) electrons. The highest BCUT2D eigenvalue weighted by molar-refractivity contribution is 5.99. The van der Waals surface area contributed by atoms with Crippen LogP contribution in [0.25, 0.3) is 0 Å². The van der Waals surface area contributed by atoms with Gasteiger partial charge in [0, 0.05) is 30.3 Å². The molecule has 3 amide bonds. The van der Waals surface area contributed by atoms with E-state index in [1.54, 1.807) is 29.2 Å². The Bertz CT molecular complexity index is 955. The molecular weight excluding hydrogens is 390 g/mol. The number of anilines is 1. The molecule has 31 heavy (non-hydrogen) atoms. The molecule has 0 aromatic heterocycles. The number of carbonyl (C=O) groups excluding carboxylic acids is 3. The summed E-state index contributed by atoms with van der Waals surface area (Å²) >= 11 is 0. The average Bonchev–Trinajstić information content (AvgIpc) is 2.78. The first-order chi connectivity index (χ1) is 15.0. The van der Waals surface area contributed by atoms with Crippen LogP contribution in [0.5, 0.6) is 0 Å². The van der Waals surface area contributed by atoms with Crippen LogP contribution in [-0.4, -0.2) is 35.2 Å². The first-order valence-electron chi connectivity index (χ1n) is 10.7. The molecule has 6 heteroatoms. The molecule has 0 spiro atoms. The van der Waals surface area contributed by atoms with Gasteiger partial charge in [0.05, 0.1) is 0 Å². The average molecular weight is 420 g/mol. The zero-order valence-corrected chi connectivity index (χ0v) is 18.0. The Labute approximate surface area is 183 Å². The third-order valence-electron chi connectivity index (χ3n) is 5.30. The van der Waals surface area contributed by atoms with Crippen molar-refractivity contribution in [3.63, 3.8) is 0 Å². The van der Waals surface area contributed by atoms with Gasteiger partial charge in [-0.25, -0.2) is 0 Å². The molecule has 2 atom stereocenters. The lowest BCUT2D eigenvalue weighted by Crippen LogP contribution is -2.47. The SMILES string of the molecule is CCCC(=O)Nc1cccc(C(=O)N[C@H](C(=O)N2CC=CCC2C)c2ccccc2)c1. The number of nitrogens with one attached hydrogen (secondary N) is 2. The smallest absolute Gasteiger partial charge is 0.252 e. The Morgan fingerprint density at radius 2 is 1.84 bits per heavy atom. The third-order valence-corrected chi connectivity index (χ3v) is 5.30. The standard InChI is InChI=1S/C25H29N3O3/c1-3-10-22(29)26-21-15-9-14-20(17-21)24(30)27-23(19-12-5-4-6-13-19)25(31)28-16-8-7-11-18(28)2/h4-9,12-15,17-18,23H,3,10-11,16H2,1-2H3,(H,26,29)(H,27,30)/t18?,23-/m0/s1. The minimum Gasteiger partial charge on any atom is -0.336 e. The molecule has 162 valence electrons. The lowest BCUT2D eigenvalue weighted by Gasteiger charge is -2.33. The summed E-state index contributed by atoms with van der Waals surface area (Å²) in [5.41, 5.74) is 1.67. The number of hydrogen-bond donors (Lipinski definition) is 2. The Balaban J connectivity index is 1.81. The second-order valence-electron chi connectivity index (χ2n) is 7.74. The van der Waals surface area contributed by atoms with Crippen molar-refractivity contribution < 1.29 is 14.4 Å². The van der Waals surface area contributed by atoms with Gasteiger partial charge in [0.15, 0.2) is 0 Å². The van der Waals surface area contributed by atoms with E-state index in [9.17, 15) is 14.4 Å². The summed E-state index contributed by atoms with van der Waals surface area (Å²) in [5.74, 6) is -0.595. The van der Waals surface area contributed by atoms with E-state index in [2.05, 4.69) is 16.7 Å². The number of hydrogen-bond acceptors (Lipinski definition) is 3. The van der Waals surface area contributed by atoms with Gasteiger partial charge in [0.2, 0.25) is 11.8 Å². The molecule has 2 aromatic carbocycles. The second kappa shape index (κ2) is 10.6. The maximum Gasteiger partial charge on any atom is 0.252 e. The molecule has 6 nitrogen and oxygen atoms in total. The van der Waals surface area contributed by atoms with Crippen LogP contribution in [0.1, 0.15) is 55.1 Å². The lowest BCUT2D eigenvalue weighted by atomic mass is 10.0. The molecule has 3 rings (SSSR count). The van der Waals surface area contributed by atoms with Crippen LogP contribution in [0.4, 0.5) is 5.69 Å². The Hall–Kier alpha value is -3.41. The summed E-state index contributed by atoms with van der Waals surface area (Å²) < 4.78 is 0. The second-order valence-corrected chi connectivity index (χ2v) is 7.74. The van der Waals surface area contributed by atoms with E-state index in [0.717, 1.165) is 18.4 Å². The molecular formula is C25H29N3O3. The van der Waals surface area contributed by atoms with Gasteiger partial charge in [0.25, 0.3) is 5.91 Å². The van der Waals surface area contributed by atoms with E-state index < -0.39 is 6.04 Å². The summed E-state index contributed by atoms with van der Waals surface area (Å²) in [6.07, 6.45) is 6.01. The molecule has 0 saturated carbocycles. The lowest BCUT2D eigenvalue weighted by molar-refractivity contribution is -0.135. The van der Waals surface area contributed by atoms with Crippen molar-refractivity contribution in [3.05, 3.63) is 77.9 Å². The fourth-order valence-corrected chi connectivity index (χ4v) is 3.60. The van der Waals surface area contributed by atoms with Crippen LogP contribution in [-0.2, 0) is 9.59 Å². The molecule has 0 fully saturated rings. The predicted octanol–water partition coefficient (Wildman–Crippen LogP) is 4.07. The van der Waals surface area contributed by atoms with Crippen molar-refractivity contribution in [2.24, 2.45) is 0 Å². The van der Waals surface area contributed by atoms with Crippen LogP contribution >= 0.6 is 0 Å². The number of rotatable bonds is 7. The topological polar surface area (TPSA) is 78.5 Å². The van der Waals surface area contributed by atoms with Crippen LogP contribution in [0.2, 0.25) is 0 Å². The highest BCUT2D eigenvalue weighted by atomic mass is 16.2. The largest absolute Gasteiger partial charge is 0.336 e. The van der Waals surface area contributed by atoms with Crippen LogP contribution in [0.3, 0.4) is 0 Å². The van der Waals surface area contributed by atoms with Gasteiger partial charge in [-0.1, -0.05) is 55.5 Å². The van der Waals surface area contributed by atoms with E-state index in [1.165, 1.54) is 0 Å². The minimum absolute atomic E-state index is 0.0673. The van der Waals surface area contributed by atoms with E-state index in [4.69, 9.17) is 0 Å². The first kappa shape index (κ1) is 22.3. The predicted molar refractivity (Wildman–Crippen MR) is 122 cm³/mol. The van der Waals surface area contributed by atoms with E-state index in [1.807, 2.05) is 50.3 Å². The van der Waals surface area contributed by atoms with Gasteiger partial charge in [-0.05, 0) is 43.5 Å². The normalized spacial score (nSPS) is 16.5. The molecule has 1 unspecified atom stereocenters. The molecule has 1 aliphatic rings. The quantitative estimate of drug-likeness (QED) is 0.664. The van der Waals surface area contributed by atoms with Crippen molar-refractivity contribution in [3.8, 4) is 0 Å². The van der Waals surface area contributed by atoms with Gasteiger partial charge in [-0.15, -0.1) is 0 Å². The van der Waals surface area contributed by atoms with Gasteiger partial charge < -0.3 is 15.5 Å². The Kier molecular flexibility index (Phi) is 7.60. The van der Waals surface area contributed by atoms with E-state index in [-0.39, 0.29) is 23.8 Å². The van der Waals surface area contributed by atoms with Crippen LogP contribution in [0, 0.1) is 0 Å². The van der Waals surface area contributed by atoms with Crippen molar-refractivity contribution in [1.29, 1.82) is 0 Å². The summed E-state index contributed by atoms with van der Waals surface area (Å²) in [4.78, 5) is 40.1. The maximum absolute atomic E-state index is 13.4. The monoisotopic (exact) mass is 419 g/mol. The summed E-state index contributed by atoms with van der Waals surface area (Å²) in [5, 5.41) is 5.71. The van der Waals surface area contributed by atoms with Crippen molar-refractivity contribution >= 4 is 23.4 Å². The molecule has 0 aliphatic carbocycles. The molecule has 2 aromatic rings. The van der Waals surface area contributed by atoms with Gasteiger partial charge in [-0.3, -0.25) is 14.4 Å². The number of benzene rings is 2. The van der Waals surface area contributed by atoms with E-state index >= 15 is 0 Å². The highest BCUT2D eigenvalue weighted by Gasteiger charge is 2.30. The molecule has 0 bridgehead atoms. The van der Waals surface area contributed by atoms with Crippen molar-refractivity contribution in [1.82, 2.24) is 10.2 Å². The van der Waals surface area contributed by atoms with Crippen LogP contribution in [0.15, 0.2) is 66.7 Å². The first-order valence-corrected chi connectivity index (χ1v) is 10.7. The maximum atomic E-state index is 13.4. The van der Waals surface area contributed by atoms with Crippen molar-refractivity contribution in [2.45, 2.75) is 45.2 Å². The fourth-order valence-electron chi connectivity index (χ4n) is 3.60. The zero-order chi connectivity index (χ0) is 22.2. The molecule has 1 heterocycles.